The second kappa shape index (κ2) is 19.9. The first-order valence-corrected chi connectivity index (χ1v) is 17.9. The summed E-state index contributed by atoms with van der Waals surface area (Å²) in [6.45, 7) is 14.3. The van der Waals surface area contributed by atoms with E-state index in [1.807, 2.05) is 0 Å². The quantitative estimate of drug-likeness (QED) is 0.188. The van der Waals surface area contributed by atoms with Gasteiger partial charge in [0.25, 0.3) is 0 Å². The van der Waals surface area contributed by atoms with Crippen LogP contribution in [0.2, 0.25) is 36.3 Å². The van der Waals surface area contributed by atoms with Crippen LogP contribution in [0.15, 0.2) is 0 Å². The second-order valence-corrected chi connectivity index (χ2v) is 18.0. The summed E-state index contributed by atoms with van der Waals surface area (Å²) in [5.74, 6) is 0. The van der Waals surface area contributed by atoms with Gasteiger partial charge in [-0.1, -0.05) is 171 Å². The average molecular weight is 420 g/mol. The molecule has 1 nitrogen and oxygen atoms in total. The summed E-state index contributed by atoms with van der Waals surface area (Å²) in [7, 11) is -2.91. The number of hydrogen-bond donors (Lipinski definition) is 0. The Bertz CT molecular complexity index is 252. The van der Waals surface area contributed by atoms with Gasteiger partial charge in [-0.05, 0) is 0 Å². The van der Waals surface area contributed by atoms with Crippen LogP contribution in [-0.4, -0.2) is 16.5 Å². The van der Waals surface area contributed by atoms with Crippen LogP contribution in [0.25, 0.3) is 4.65 Å². The molecule has 164 valence electrons. The molecular weight excluding hydrogens is 365 g/mol. The molecule has 0 N–H and O–H groups in total. The molecule has 0 aromatic heterocycles. The van der Waals surface area contributed by atoms with Crippen molar-refractivity contribution in [3.05, 3.63) is 4.65 Å². The van der Waals surface area contributed by atoms with Gasteiger partial charge < -0.3 is 4.65 Å². The third kappa shape index (κ3) is 13.3. The predicted molar refractivity (Wildman–Crippen MR) is 133 cm³/mol. The van der Waals surface area contributed by atoms with Crippen LogP contribution < -0.4 is 18.9 Å². The summed E-state index contributed by atoms with van der Waals surface area (Å²) in [5, 5.41) is 0. The topological polar surface area (TPSA) is 14.1 Å². The number of nitrogens with zero attached hydrogens (tertiary/aromatic N) is 1. The number of hydrogen-bond acceptors (Lipinski definition) is 0. The molecule has 0 spiro atoms. The molecule has 0 aromatic rings. The largest absolute Gasteiger partial charge is 1.00 e. The van der Waals surface area contributed by atoms with Crippen molar-refractivity contribution in [2.24, 2.45) is 0 Å². The third-order valence-electron chi connectivity index (χ3n) is 6.45. The normalized spacial score (nSPS) is 12.2. The Labute approximate surface area is 194 Å². The van der Waals surface area contributed by atoms with E-state index >= 15 is 0 Å². The Hall–Kier alpha value is 0.991. The van der Waals surface area contributed by atoms with Gasteiger partial charge in [-0.15, -0.1) is 0 Å². The van der Waals surface area contributed by atoms with Gasteiger partial charge in [0.15, 0.2) is 0 Å². The van der Waals surface area contributed by atoms with Crippen molar-refractivity contribution in [3.63, 3.8) is 0 Å². The van der Waals surface area contributed by atoms with Gasteiger partial charge >= 0.3 is 18.9 Å². The summed E-state index contributed by atoms with van der Waals surface area (Å²) in [6, 6.07) is 9.02. The van der Waals surface area contributed by atoms with Gasteiger partial charge in [0.2, 0.25) is 0 Å². The van der Waals surface area contributed by atoms with Gasteiger partial charge in [0, 0.05) is 0 Å². The summed E-state index contributed by atoms with van der Waals surface area (Å²) in [5.41, 5.74) is 0. The van der Waals surface area contributed by atoms with Crippen LogP contribution in [0.3, 0.4) is 0 Å². The maximum Gasteiger partial charge on any atom is 1.00 e. The molecule has 0 aliphatic rings. The zero-order valence-corrected chi connectivity index (χ0v) is 23.2. The van der Waals surface area contributed by atoms with Gasteiger partial charge in [0.1, 0.15) is 0 Å². The van der Waals surface area contributed by atoms with Crippen LogP contribution in [0, 0.1) is 0 Å². The first kappa shape index (κ1) is 31.2. The fourth-order valence-electron chi connectivity index (χ4n) is 4.62. The summed E-state index contributed by atoms with van der Waals surface area (Å²) < 4.78 is 6.24. The minimum absolute atomic E-state index is 0. The summed E-state index contributed by atoms with van der Waals surface area (Å²) in [4.78, 5) is 0. The molecule has 0 bridgehead atoms. The van der Waals surface area contributed by atoms with Gasteiger partial charge in [0.05, 0.1) is 0 Å². The number of rotatable bonds is 20. The molecule has 0 radical (unpaired) electrons. The van der Waals surface area contributed by atoms with Crippen LogP contribution >= 0.6 is 0 Å². The minimum atomic E-state index is -1.46. The molecule has 0 aromatic carbocycles. The van der Waals surface area contributed by atoms with Crippen molar-refractivity contribution in [3.8, 4) is 0 Å². The molecule has 0 atom stereocenters. The molecule has 0 aliphatic heterocycles. The molecule has 0 heterocycles. The SMILES string of the molecule is CCCC[Si](CCCC)(CCCC)[N-][Si](CCCC)(CCCC)CCCC.[Li+]. The smallest absolute Gasteiger partial charge is 0.666 e. The van der Waals surface area contributed by atoms with Crippen molar-refractivity contribution in [1.29, 1.82) is 0 Å². The van der Waals surface area contributed by atoms with Crippen molar-refractivity contribution in [2.75, 3.05) is 0 Å². The second-order valence-electron chi connectivity index (χ2n) is 9.18. The molecule has 0 saturated heterocycles. The van der Waals surface area contributed by atoms with Crippen molar-refractivity contribution >= 4 is 16.5 Å². The zero-order chi connectivity index (χ0) is 20.4. The van der Waals surface area contributed by atoms with Crippen molar-refractivity contribution in [2.45, 2.75) is 155 Å². The molecule has 0 rings (SSSR count). The van der Waals surface area contributed by atoms with E-state index in [2.05, 4.69) is 41.5 Å². The van der Waals surface area contributed by atoms with Crippen molar-refractivity contribution in [1.82, 2.24) is 0 Å². The first-order valence-electron chi connectivity index (χ1n) is 12.8. The summed E-state index contributed by atoms with van der Waals surface area (Å²) in [6.07, 6.45) is 16.7. The van der Waals surface area contributed by atoms with E-state index in [1.165, 1.54) is 113 Å². The summed E-state index contributed by atoms with van der Waals surface area (Å²) >= 11 is 0. The van der Waals surface area contributed by atoms with Crippen LogP contribution in [0.4, 0.5) is 0 Å². The van der Waals surface area contributed by atoms with E-state index in [1.54, 1.807) is 0 Å². The molecule has 28 heavy (non-hydrogen) atoms. The molecule has 4 heteroatoms. The standard InChI is InChI=1S/C24H54NSi2.Li/c1-7-13-19-26(20-14-8-2,21-15-9-3)25-27(22-16-10-4,23-17-11-5)24-18-12-6;/h7-24H2,1-6H3;/q-1;+1. The molecule has 0 fully saturated rings. The maximum absolute atomic E-state index is 6.24. The van der Waals surface area contributed by atoms with E-state index in [4.69, 9.17) is 4.65 Å². The third-order valence-corrected chi connectivity index (χ3v) is 17.9. The minimum Gasteiger partial charge on any atom is -0.666 e. The van der Waals surface area contributed by atoms with Gasteiger partial charge in [-0.3, -0.25) is 0 Å². The number of unbranched alkanes of at least 4 members (excludes halogenated alkanes) is 6. The molecule has 0 aliphatic carbocycles. The van der Waals surface area contributed by atoms with Gasteiger partial charge in [-0.25, -0.2) is 0 Å². The van der Waals surface area contributed by atoms with Crippen molar-refractivity contribution < 1.29 is 18.9 Å². The zero-order valence-electron chi connectivity index (χ0n) is 21.2. The monoisotopic (exact) mass is 419 g/mol. The Balaban J connectivity index is 0. The maximum atomic E-state index is 6.24. The fourth-order valence-corrected chi connectivity index (χ4v) is 18.9. The fraction of sp³-hybridized carbons (Fsp3) is 1.00. The Kier molecular flexibility index (Phi) is 22.2. The van der Waals surface area contributed by atoms with E-state index < -0.39 is 16.5 Å². The van der Waals surface area contributed by atoms with Gasteiger partial charge in [-0.2, -0.15) is 0 Å². The van der Waals surface area contributed by atoms with E-state index in [-0.39, 0.29) is 18.9 Å². The Morgan fingerprint density at radius 3 is 0.714 bits per heavy atom. The predicted octanol–water partition coefficient (Wildman–Crippen LogP) is 7.06. The van der Waals surface area contributed by atoms with Crippen LogP contribution in [0.1, 0.15) is 119 Å². The Morgan fingerprint density at radius 2 is 0.571 bits per heavy atom. The molecule has 0 saturated carbocycles. The van der Waals surface area contributed by atoms with E-state index in [0.717, 1.165) is 0 Å². The van der Waals surface area contributed by atoms with E-state index in [0.29, 0.717) is 0 Å². The van der Waals surface area contributed by atoms with Crippen LogP contribution in [-0.2, 0) is 0 Å². The average Bonchev–Trinajstić information content (AvgIpc) is 2.70. The van der Waals surface area contributed by atoms with Crippen LogP contribution in [0.5, 0.6) is 0 Å². The first-order chi connectivity index (χ1) is 13.1. The molecule has 0 unspecified atom stereocenters. The molecular formula is C24H54LiNSi2. The Morgan fingerprint density at radius 1 is 0.393 bits per heavy atom. The molecule has 0 amide bonds. The van der Waals surface area contributed by atoms with E-state index in [9.17, 15) is 0 Å².